The van der Waals surface area contributed by atoms with Crippen molar-refractivity contribution in [2.24, 2.45) is 4.99 Å². The normalized spacial score (nSPS) is 28.7. The van der Waals surface area contributed by atoms with Gasteiger partial charge in [-0.1, -0.05) is 30.3 Å². The van der Waals surface area contributed by atoms with Crippen molar-refractivity contribution in [1.82, 2.24) is 24.4 Å². The number of hydrogen-bond acceptors (Lipinski definition) is 8. The summed E-state index contributed by atoms with van der Waals surface area (Å²) < 4.78 is 19.7. The van der Waals surface area contributed by atoms with E-state index in [9.17, 15) is 5.11 Å². The molecule has 2 fully saturated rings. The van der Waals surface area contributed by atoms with E-state index in [-0.39, 0.29) is 12.7 Å². The molecule has 0 bridgehead atoms. The maximum Gasteiger partial charge on any atom is 0.184 e. The lowest BCUT2D eigenvalue weighted by Gasteiger charge is -2.45. The molecule has 2 aromatic heterocycles. The van der Waals surface area contributed by atoms with Crippen LogP contribution in [0.4, 0.5) is 5.82 Å². The Morgan fingerprint density at radius 1 is 1.13 bits per heavy atom. The van der Waals surface area contributed by atoms with Crippen LogP contribution in [-0.4, -0.2) is 81.5 Å². The van der Waals surface area contributed by atoms with Crippen molar-refractivity contribution < 1.29 is 19.3 Å². The van der Waals surface area contributed by atoms with Crippen molar-refractivity contribution in [2.45, 2.75) is 30.6 Å². The van der Waals surface area contributed by atoms with Crippen molar-refractivity contribution >= 4 is 23.3 Å². The van der Waals surface area contributed by atoms with Gasteiger partial charge in [0.25, 0.3) is 0 Å². The second-order valence-corrected chi connectivity index (χ2v) is 7.84. The van der Waals surface area contributed by atoms with Gasteiger partial charge in [0.15, 0.2) is 23.3 Å². The highest BCUT2D eigenvalue weighted by atomic mass is 16.7. The van der Waals surface area contributed by atoms with Crippen molar-refractivity contribution in [2.75, 3.05) is 27.3 Å². The van der Waals surface area contributed by atoms with E-state index in [4.69, 9.17) is 14.2 Å². The Bertz CT molecular complexity index is 1070. The number of ether oxygens (including phenoxy) is 3. The highest BCUT2D eigenvalue weighted by Crippen LogP contribution is 2.36. The van der Waals surface area contributed by atoms with Crippen LogP contribution >= 0.6 is 0 Å². The summed E-state index contributed by atoms with van der Waals surface area (Å²) in [6.07, 6.45) is 2.49. The molecular weight excluding hydrogens is 400 g/mol. The minimum Gasteiger partial charge on any atom is -0.388 e. The molecule has 31 heavy (non-hydrogen) atoms. The fourth-order valence-corrected chi connectivity index (χ4v) is 3.91. The van der Waals surface area contributed by atoms with Gasteiger partial charge in [-0.25, -0.2) is 19.9 Å². The zero-order valence-electron chi connectivity index (χ0n) is 17.3. The predicted molar refractivity (Wildman–Crippen MR) is 112 cm³/mol. The van der Waals surface area contributed by atoms with Crippen LogP contribution in [-0.2, 0) is 14.2 Å². The molecule has 10 nitrogen and oxygen atoms in total. The molecule has 0 saturated carbocycles. The van der Waals surface area contributed by atoms with E-state index >= 15 is 0 Å². The average Bonchev–Trinajstić information content (AvgIpc) is 3.23. The number of aliphatic hydroxyl groups is 1. The van der Waals surface area contributed by atoms with E-state index in [1.807, 2.05) is 53.9 Å². The Morgan fingerprint density at radius 3 is 2.77 bits per heavy atom. The van der Waals surface area contributed by atoms with Gasteiger partial charge in [-0.05, 0) is 0 Å². The first-order valence-electron chi connectivity index (χ1n) is 10.1. The summed E-state index contributed by atoms with van der Waals surface area (Å²) in [6.45, 7) is 0.640. The number of fused-ring (bicyclic) bond motifs is 2. The zero-order chi connectivity index (χ0) is 21.4. The maximum atomic E-state index is 11.2. The van der Waals surface area contributed by atoms with E-state index < -0.39 is 24.5 Å². The molecule has 5 rings (SSSR count). The molecule has 2 aliphatic rings. The molecule has 10 heteroatoms. The molecule has 5 atom stereocenters. The molecule has 2 saturated heterocycles. The summed E-state index contributed by atoms with van der Waals surface area (Å²) >= 11 is 0. The third kappa shape index (κ3) is 3.79. The van der Waals surface area contributed by atoms with E-state index in [0.29, 0.717) is 23.6 Å². The van der Waals surface area contributed by atoms with E-state index in [2.05, 4.69) is 19.9 Å². The number of aliphatic hydroxyl groups excluding tert-OH is 1. The largest absolute Gasteiger partial charge is 0.388 e. The van der Waals surface area contributed by atoms with Crippen molar-refractivity contribution in [3.63, 3.8) is 0 Å². The van der Waals surface area contributed by atoms with Crippen LogP contribution in [0.3, 0.4) is 0 Å². The number of rotatable bonds is 4. The minimum absolute atomic E-state index is 0.289. The number of imidazole rings is 1. The van der Waals surface area contributed by atoms with Gasteiger partial charge in [-0.2, -0.15) is 0 Å². The lowest BCUT2D eigenvalue weighted by molar-refractivity contribution is -0.306. The van der Waals surface area contributed by atoms with Gasteiger partial charge in [0.05, 0.1) is 31.9 Å². The molecule has 162 valence electrons. The molecule has 1 aromatic carbocycles. The quantitative estimate of drug-likeness (QED) is 0.496. The SMILES string of the molecule is CN(C)C=Nc1ncnc2c1ncn2C1COC2COC(c3ccccc3)OC2C1O. The van der Waals surface area contributed by atoms with E-state index in [1.54, 1.807) is 12.7 Å². The van der Waals surface area contributed by atoms with Crippen LogP contribution in [0.2, 0.25) is 0 Å². The van der Waals surface area contributed by atoms with Crippen molar-refractivity contribution in [3.05, 3.63) is 48.5 Å². The lowest BCUT2D eigenvalue weighted by Crippen LogP contribution is -2.56. The average molecular weight is 424 g/mol. The van der Waals surface area contributed by atoms with E-state index in [0.717, 1.165) is 5.56 Å². The van der Waals surface area contributed by atoms with Crippen LogP contribution in [0.1, 0.15) is 17.9 Å². The standard InChI is InChI=1S/C21H24N6O4/c1-26(2)11-25-19-16-20(23-10-22-19)27(12-24-16)14-8-29-15-9-30-21(31-18(15)17(14)28)13-6-4-3-5-7-13/h3-7,10-12,14-15,17-18,21,28H,8-9H2,1-2H3. The summed E-state index contributed by atoms with van der Waals surface area (Å²) in [7, 11) is 3.76. The molecule has 4 heterocycles. The minimum atomic E-state index is -0.824. The summed E-state index contributed by atoms with van der Waals surface area (Å²) in [4.78, 5) is 19.2. The van der Waals surface area contributed by atoms with Crippen LogP contribution < -0.4 is 0 Å². The van der Waals surface area contributed by atoms with Gasteiger partial charge < -0.3 is 28.8 Å². The predicted octanol–water partition coefficient (Wildman–Crippen LogP) is 1.46. The van der Waals surface area contributed by atoms with Crippen LogP contribution in [0, 0.1) is 0 Å². The van der Waals surface area contributed by atoms with Gasteiger partial charge in [-0.3, -0.25) is 0 Å². The van der Waals surface area contributed by atoms with E-state index in [1.165, 1.54) is 6.33 Å². The van der Waals surface area contributed by atoms with Crippen LogP contribution in [0.25, 0.3) is 11.2 Å². The molecule has 0 radical (unpaired) electrons. The Kier molecular flexibility index (Phi) is 5.36. The fraction of sp³-hybridized carbons (Fsp3) is 0.429. The van der Waals surface area contributed by atoms with Crippen LogP contribution in [0.5, 0.6) is 0 Å². The molecule has 2 aliphatic heterocycles. The zero-order valence-corrected chi connectivity index (χ0v) is 17.3. The van der Waals surface area contributed by atoms with Gasteiger partial charge in [0.1, 0.15) is 24.6 Å². The number of aliphatic imine (C=N–C) groups is 1. The maximum absolute atomic E-state index is 11.2. The van der Waals surface area contributed by atoms with Gasteiger partial charge in [0.2, 0.25) is 0 Å². The smallest absolute Gasteiger partial charge is 0.184 e. The van der Waals surface area contributed by atoms with Crippen LogP contribution in [0.15, 0.2) is 48.0 Å². The Morgan fingerprint density at radius 2 is 1.97 bits per heavy atom. The monoisotopic (exact) mass is 424 g/mol. The second kappa shape index (κ2) is 8.31. The van der Waals surface area contributed by atoms with Gasteiger partial charge in [0, 0.05) is 19.7 Å². The fourth-order valence-electron chi connectivity index (χ4n) is 3.91. The Hall–Kier alpha value is -2.92. The van der Waals surface area contributed by atoms with Crippen molar-refractivity contribution in [1.29, 1.82) is 0 Å². The number of nitrogens with zero attached hydrogens (tertiary/aromatic N) is 6. The number of benzene rings is 1. The second-order valence-electron chi connectivity index (χ2n) is 7.84. The highest BCUT2D eigenvalue weighted by molar-refractivity contribution is 5.83. The third-order valence-electron chi connectivity index (χ3n) is 5.45. The third-order valence-corrected chi connectivity index (χ3v) is 5.45. The van der Waals surface area contributed by atoms with Crippen molar-refractivity contribution in [3.8, 4) is 0 Å². The first kappa shape index (κ1) is 20.0. The molecule has 3 aromatic rings. The highest BCUT2D eigenvalue weighted by Gasteiger charge is 2.46. The molecule has 0 amide bonds. The Balaban J connectivity index is 1.41. The Labute approximate surface area is 179 Å². The topological polar surface area (TPSA) is 107 Å². The van der Waals surface area contributed by atoms with Gasteiger partial charge >= 0.3 is 0 Å². The summed E-state index contributed by atoms with van der Waals surface area (Å²) in [5, 5.41) is 11.2. The summed E-state index contributed by atoms with van der Waals surface area (Å²) in [5.41, 5.74) is 2.04. The molecule has 0 aliphatic carbocycles. The summed E-state index contributed by atoms with van der Waals surface area (Å²) in [5.74, 6) is 0.466. The molecule has 1 N–H and O–H groups in total. The summed E-state index contributed by atoms with van der Waals surface area (Å²) in [6, 6.07) is 9.26. The number of hydrogen-bond donors (Lipinski definition) is 1. The number of aromatic nitrogens is 4. The van der Waals surface area contributed by atoms with Gasteiger partial charge in [-0.15, -0.1) is 0 Å². The molecular formula is C21H24N6O4. The first-order valence-corrected chi connectivity index (χ1v) is 10.1. The lowest BCUT2D eigenvalue weighted by atomic mass is 9.97. The molecule has 5 unspecified atom stereocenters. The first-order chi connectivity index (χ1) is 15.1. The molecule has 0 spiro atoms.